The number of hydrogen-bond acceptors (Lipinski definition) is 6. The van der Waals surface area contributed by atoms with E-state index < -0.39 is 32.9 Å². The molecule has 0 bridgehead atoms. The molecule has 4 rings (SSSR count). The Morgan fingerprint density at radius 1 is 1.06 bits per heavy atom. The van der Waals surface area contributed by atoms with Crippen LogP contribution in [0, 0.1) is 5.82 Å². The van der Waals surface area contributed by atoms with E-state index in [0.29, 0.717) is 11.4 Å². The summed E-state index contributed by atoms with van der Waals surface area (Å²) >= 11 is 1.94. The van der Waals surface area contributed by atoms with Crippen LogP contribution in [-0.2, 0) is 19.6 Å². The van der Waals surface area contributed by atoms with Crippen molar-refractivity contribution in [1.29, 1.82) is 0 Å². The summed E-state index contributed by atoms with van der Waals surface area (Å²) in [5.41, 5.74) is 0.840. The maximum atomic E-state index is 13.1. The normalized spacial score (nSPS) is 17.7. The van der Waals surface area contributed by atoms with Crippen LogP contribution < -0.4 is 10.2 Å². The minimum absolute atomic E-state index is 0.0193. The van der Waals surface area contributed by atoms with E-state index in [1.807, 2.05) is 0 Å². The van der Waals surface area contributed by atoms with Crippen molar-refractivity contribution < 1.29 is 22.4 Å². The van der Waals surface area contributed by atoms with Gasteiger partial charge in [-0.2, -0.15) is 8.42 Å². The van der Waals surface area contributed by atoms with Gasteiger partial charge in [-0.15, -0.1) is 15.7 Å². The van der Waals surface area contributed by atoms with E-state index >= 15 is 0 Å². The van der Waals surface area contributed by atoms with Gasteiger partial charge in [0.25, 0.3) is 10.0 Å². The van der Waals surface area contributed by atoms with Crippen LogP contribution in [0.25, 0.3) is 0 Å². The molecular weight excluding hydrogens is 473 g/mol. The van der Waals surface area contributed by atoms with Gasteiger partial charge in [0.2, 0.25) is 11.8 Å². The Morgan fingerprint density at radius 3 is 2.44 bits per heavy atom. The molecule has 0 spiro atoms. The molecule has 2 aromatic carbocycles. The topological polar surface area (TPSA) is 95.9 Å². The van der Waals surface area contributed by atoms with Crippen molar-refractivity contribution in [1.82, 2.24) is 0 Å². The minimum Gasteiger partial charge on any atom is -0.326 e. The largest absolute Gasteiger partial charge is 0.326 e. The molecule has 1 aliphatic rings. The number of nitrogens with zero attached hydrogens (tertiary/aromatic N) is 2. The number of thiophene rings is 1. The lowest BCUT2D eigenvalue weighted by Gasteiger charge is -2.16. The number of carbonyl (C=O) groups excluding carboxylic acids is 2. The Bertz CT molecular complexity index is 1260. The average molecular weight is 490 g/mol. The highest BCUT2D eigenvalue weighted by atomic mass is 32.2. The van der Waals surface area contributed by atoms with Gasteiger partial charge in [0.05, 0.1) is 5.69 Å². The zero-order valence-electron chi connectivity index (χ0n) is 16.3. The number of rotatable bonds is 6. The maximum Gasteiger partial charge on any atom is 0.294 e. The summed E-state index contributed by atoms with van der Waals surface area (Å²) in [4.78, 5) is 26.8. The first kappa shape index (κ1) is 22.2. The molecule has 2 amide bonds. The van der Waals surface area contributed by atoms with Gasteiger partial charge in [0.15, 0.2) is 5.17 Å². The molecular formula is C21H16FN3O4S3. The summed E-state index contributed by atoms with van der Waals surface area (Å²) in [6.45, 7) is 0. The van der Waals surface area contributed by atoms with Crippen LogP contribution in [0.2, 0.25) is 0 Å². The molecule has 0 saturated carbocycles. The SMILES string of the molecule is O=C(C[C@@H]1SC(=NS(=O)(=O)c2cccs2)N(c2ccccc2)C1=O)Nc1ccc(F)cc1. The predicted octanol–water partition coefficient (Wildman–Crippen LogP) is 4.11. The van der Waals surface area contributed by atoms with Gasteiger partial charge in [0, 0.05) is 12.1 Å². The lowest BCUT2D eigenvalue weighted by atomic mass is 10.2. The van der Waals surface area contributed by atoms with Crippen LogP contribution in [-0.4, -0.2) is 30.6 Å². The molecule has 1 atom stereocenters. The van der Waals surface area contributed by atoms with Gasteiger partial charge in [-0.1, -0.05) is 36.0 Å². The van der Waals surface area contributed by atoms with Gasteiger partial charge < -0.3 is 5.32 Å². The number of sulfonamides is 1. The third kappa shape index (κ3) is 4.90. The zero-order valence-corrected chi connectivity index (χ0v) is 18.8. The highest BCUT2D eigenvalue weighted by molar-refractivity contribution is 8.16. The third-order valence-electron chi connectivity index (χ3n) is 4.40. The fraction of sp³-hybridized carbons (Fsp3) is 0.0952. The molecule has 1 N–H and O–H groups in total. The van der Waals surface area contributed by atoms with Crippen molar-refractivity contribution in [3.8, 4) is 0 Å². The fourth-order valence-electron chi connectivity index (χ4n) is 2.95. The highest BCUT2D eigenvalue weighted by Crippen LogP contribution is 2.35. The molecule has 0 unspecified atom stereocenters. The molecule has 7 nitrogen and oxygen atoms in total. The number of amides is 2. The first-order valence-corrected chi connectivity index (χ1v) is 12.5. The molecule has 1 fully saturated rings. The zero-order chi connectivity index (χ0) is 22.7. The number of para-hydroxylation sites is 1. The second kappa shape index (κ2) is 9.23. The van der Waals surface area contributed by atoms with Crippen LogP contribution in [0.3, 0.4) is 0 Å². The molecule has 164 valence electrons. The van der Waals surface area contributed by atoms with E-state index in [0.717, 1.165) is 23.1 Å². The van der Waals surface area contributed by atoms with Gasteiger partial charge in [0.1, 0.15) is 15.3 Å². The van der Waals surface area contributed by atoms with Crippen molar-refractivity contribution >= 4 is 61.5 Å². The van der Waals surface area contributed by atoms with E-state index in [2.05, 4.69) is 9.71 Å². The van der Waals surface area contributed by atoms with Crippen molar-refractivity contribution in [3.05, 3.63) is 77.9 Å². The summed E-state index contributed by atoms with van der Waals surface area (Å²) < 4.78 is 42.4. The lowest BCUT2D eigenvalue weighted by Crippen LogP contribution is -2.33. The Hall–Kier alpha value is -3.02. The lowest BCUT2D eigenvalue weighted by molar-refractivity contribution is -0.121. The number of nitrogens with one attached hydrogen (secondary N) is 1. The van der Waals surface area contributed by atoms with Gasteiger partial charge in [-0.3, -0.25) is 14.5 Å². The van der Waals surface area contributed by atoms with Crippen LogP contribution in [0.4, 0.5) is 15.8 Å². The van der Waals surface area contributed by atoms with E-state index in [1.54, 1.807) is 41.8 Å². The van der Waals surface area contributed by atoms with E-state index in [-0.39, 0.29) is 15.8 Å². The number of carbonyl (C=O) groups is 2. The molecule has 0 aliphatic carbocycles. The fourth-order valence-corrected chi connectivity index (χ4v) is 6.25. The third-order valence-corrected chi connectivity index (χ3v) is 8.29. The Morgan fingerprint density at radius 2 is 1.78 bits per heavy atom. The number of halogens is 1. The van der Waals surface area contributed by atoms with Crippen LogP contribution in [0.15, 0.2) is 80.7 Å². The molecule has 11 heteroatoms. The summed E-state index contributed by atoms with van der Waals surface area (Å²) in [5, 5.41) is 3.35. The van der Waals surface area contributed by atoms with Crippen LogP contribution >= 0.6 is 23.1 Å². The molecule has 1 aliphatic heterocycles. The van der Waals surface area contributed by atoms with Gasteiger partial charge >= 0.3 is 0 Å². The van der Waals surface area contributed by atoms with Crippen molar-refractivity contribution in [2.24, 2.45) is 4.40 Å². The van der Waals surface area contributed by atoms with Crippen LogP contribution in [0.5, 0.6) is 0 Å². The molecule has 1 saturated heterocycles. The average Bonchev–Trinajstić information content (AvgIpc) is 3.40. The molecule has 0 radical (unpaired) electrons. The second-order valence-electron chi connectivity index (χ2n) is 6.66. The maximum absolute atomic E-state index is 13.1. The number of amidine groups is 1. The first-order valence-electron chi connectivity index (χ1n) is 9.33. The standard InChI is InChI=1S/C21H16FN3O4S3/c22-14-8-10-15(11-9-14)23-18(26)13-17-20(27)25(16-5-2-1-3-6-16)21(31-17)24-32(28,29)19-7-4-12-30-19/h1-12,17H,13H2,(H,23,26)/t17-/m0/s1. The Kier molecular flexibility index (Phi) is 6.40. The summed E-state index contributed by atoms with van der Waals surface area (Å²) in [6.07, 6.45) is -0.206. The van der Waals surface area contributed by atoms with Crippen molar-refractivity contribution in [3.63, 3.8) is 0 Å². The summed E-state index contributed by atoms with van der Waals surface area (Å²) in [5.74, 6) is -1.34. The summed E-state index contributed by atoms with van der Waals surface area (Å²) in [6, 6.07) is 16.8. The monoisotopic (exact) mass is 489 g/mol. The molecule has 32 heavy (non-hydrogen) atoms. The summed E-state index contributed by atoms with van der Waals surface area (Å²) in [7, 11) is -4.01. The van der Waals surface area contributed by atoms with E-state index in [9.17, 15) is 22.4 Å². The smallest absolute Gasteiger partial charge is 0.294 e. The highest BCUT2D eigenvalue weighted by Gasteiger charge is 2.41. The van der Waals surface area contributed by atoms with Crippen LogP contribution in [0.1, 0.15) is 6.42 Å². The number of thioether (sulfide) groups is 1. The van der Waals surface area contributed by atoms with Gasteiger partial charge in [-0.05, 0) is 47.8 Å². The number of anilines is 2. The van der Waals surface area contributed by atoms with E-state index in [1.165, 1.54) is 35.2 Å². The Balaban J connectivity index is 1.60. The quantitative estimate of drug-likeness (QED) is 0.562. The molecule has 3 aromatic rings. The second-order valence-corrected chi connectivity index (χ2v) is 10.6. The number of benzene rings is 2. The van der Waals surface area contributed by atoms with Crippen molar-refractivity contribution in [2.75, 3.05) is 10.2 Å². The van der Waals surface area contributed by atoms with Gasteiger partial charge in [-0.25, -0.2) is 4.39 Å². The van der Waals surface area contributed by atoms with E-state index in [4.69, 9.17) is 0 Å². The predicted molar refractivity (Wildman–Crippen MR) is 124 cm³/mol. The Labute approximate surface area is 192 Å². The van der Waals surface area contributed by atoms with Crippen molar-refractivity contribution in [2.45, 2.75) is 15.9 Å². The molecule has 2 heterocycles. The number of hydrogen-bond donors (Lipinski definition) is 1. The molecule has 1 aromatic heterocycles. The first-order chi connectivity index (χ1) is 15.3. The minimum atomic E-state index is -4.01.